The maximum Gasteiger partial charge on any atom is 0.139 e. The van der Waals surface area contributed by atoms with Crippen molar-refractivity contribution in [1.29, 1.82) is 0 Å². The van der Waals surface area contributed by atoms with Gasteiger partial charge < -0.3 is 14.4 Å². The number of rotatable bonds is 2. The van der Waals surface area contributed by atoms with Crippen LogP contribution in [0.25, 0.3) is 11.0 Å². The van der Waals surface area contributed by atoms with Gasteiger partial charge in [-0.05, 0) is 31.0 Å². The molecule has 3 aromatic rings. The summed E-state index contributed by atoms with van der Waals surface area (Å²) in [5, 5.41) is 11.9. The van der Waals surface area contributed by atoms with Crippen LogP contribution in [0, 0.1) is 0 Å². The summed E-state index contributed by atoms with van der Waals surface area (Å²) in [5.74, 6) is 0.930. The second-order valence-electron chi connectivity index (χ2n) is 5.73. The van der Waals surface area contributed by atoms with E-state index in [1.54, 1.807) is 24.9 Å². The molecule has 1 fully saturated rings. The largest absolute Gasteiger partial charge is 0.464 e. The fourth-order valence-corrected chi connectivity index (χ4v) is 3.15. The summed E-state index contributed by atoms with van der Waals surface area (Å²) >= 11 is 0. The van der Waals surface area contributed by atoms with Crippen LogP contribution in [0.5, 0.6) is 0 Å². The minimum Gasteiger partial charge on any atom is -0.464 e. The molecule has 0 amide bonds. The van der Waals surface area contributed by atoms with E-state index >= 15 is 0 Å². The number of nitrogens with zero attached hydrogens (tertiary/aromatic N) is 3. The summed E-state index contributed by atoms with van der Waals surface area (Å²) in [4.78, 5) is 10.8. The molecule has 5 nitrogen and oxygen atoms in total. The first-order chi connectivity index (χ1) is 10.8. The van der Waals surface area contributed by atoms with Crippen LogP contribution in [0.4, 0.5) is 5.82 Å². The summed E-state index contributed by atoms with van der Waals surface area (Å²) in [6.07, 6.45) is 8.26. The number of furan rings is 1. The average molecular weight is 295 g/mol. The number of fused-ring (bicyclic) bond motifs is 1. The number of piperidine rings is 1. The first-order valence-corrected chi connectivity index (χ1v) is 7.46. The molecule has 0 atom stereocenters. The summed E-state index contributed by atoms with van der Waals surface area (Å²) in [7, 11) is 0. The molecule has 1 N–H and O–H groups in total. The smallest absolute Gasteiger partial charge is 0.139 e. The molecule has 5 heteroatoms. The van der Waals surface area contributed by atoms with Crippen molar-refractivity contribution in [2.24, 2.45) is 0 Å². The second-order valence-corrected chi connectivity index (χ2v) is 5.73. The molecule has 22 heavy (non-hydrogen) atoms. The number of aliphatic hydroxyl groups is 1. The van der Waals surface area contributed by atoms with Gasteiger partial charge in [-0.25, -0.2) is 4.98 Å². The number of hydrogen-bond acceptors (Lipinski definition) is 5. The molecule has 1 aliphatic heterocycles. The molecule has 3 aromatic heterocycles. The standard InChI is InChI=1S/C17H17N3O2/c21-17(13-2-1-7-18-12-13)5-9-20(10-6-17)16-14-4-11-22-15(14)3-8-19-16/h1-4,7-8,11-12,21H,5-6,9-10H2. The van der Waals surface area contributed by atoms with Gasteiger partial charge in [-0.15, -0.1) is 0 Å². The van der Waals surface area contributed by atoms with Crippen molar-refractivity contribution >= 4 is 16.8 Å². The highest BCUT2D eigenvalue weighted by molar-refractivity contribution is 5.88. The van der Waals surface area contributed by atoms with E-state index in [0.717, 1.165) is 35.4 Å². The Morgan fingerprint density at radius 3 is 2.77 bits per heavy atom. The van der Waals surface area contributed by atoms with Crippen molar-refractivity contribution in [3.63, 3.8) is 0 Å². The first-order valence-electron chi connectivity index (χ1n) is 7.46. The molecule has 4 rings (SSSR count). The molecule has 112 valence electrons. The van der Waals surface area contributed by atoms with Gasteiger partial charge >= 0.3 is 0 Å². The molecule has 0 unspecified atom stereocenters. The van der Waals surface area contributed by atoms with Crippen LogP contribution < -0.4 is 4.90 Å². The summed E-state index contributed by atoms with van der Waals surface area (Å²) < 4.78 is 5.44. The number of hydrogen-bond donors (Lipinski definition) is 1. The van der Waals surface area contributed by atoms with E-state index in [1.807, 2.05) is 24.3 Å². The van der Waals surface area contributed by atoms with E-state index in [2.05, 4.69) is 14.9 Å². The molecular formula is C17H17N3O2. The van der Waals surface area contributed by atoms with E-state index in [0.29, 0.717) is 12.8 Å². The monoisotopic (exact) mass is 295 g/mol. The van der Waals surface area contributed by atoms with Gasteiger partial charge in [0.2, 0.25) is 0 Å². The third kappa shape index (κ3) is 2.14. The summed E-state index contributed by atoms with van der Waals surface area (Å²) in [6, 6.07) is 7.62. The summed E-state index contributed by atoms with van der Waals surface area (Å²) in [5.41, 5.74) is 0.942. The van der Waals surface area contributed by atoms with Crippen LogP contribution in [0.2, 0.25) is 0 Å². The van der Waals surface area contributed by atoms with Crippen LogP contribution in [0.15, 0.2) is 53.5 Å². The number of pyridine rings is 2. The molecule has 0 aromatic carbocycles. The Bertz CT molecular complexity index is 777. The molecule has 1 aliphatic rings. The van der Waals surface area contributed by atoms with Crippen molar-refractivity contribution in [1.82, 2.24) is 9.97 Å². The summed E-state index contributed by atoms with van der Waals surface area (Å²) in [6.45, 7) is 1.51. The van der Waals surface area contributed by atoms with Crippen molar-refractivity contribution in [3.8, 4) is 0 Å². The first kappa shape index (κ1) is 13.3. The second kappa shape index (κ2) is 5.10. The maximum atomic E-state index is 10.9. The lowest BCUT2D eigenvalue weighted by atomic mass is 9.85. The SMILES string of the molecule is OC1(c2cccnc2)CCN(c2nccc3occc23)CC1. The van der Waals surface area contributed by atoms with Crippen molar-refractivity contribution in [2.75, 3.05) is 18.0 Å². The predicted molar refractivity (Wildman–Crippen MR) is 83.6 cm³/mol. The quantitative estimate of drug-likeness (QED) is 0.787. The lowest BCUT2D eigenvalue weighted by Crippen LogP contribution is -2.43. The van der Waals surface area contributed by atoms with Gasteiger partial charge in [-0.3, -0.25) is 4.98 Å². The normalized spacial score (nSPS) is 17.8. The molecule has 0 radical (unpaired) electrons. The van der Waals surface area contributed by atoms with Gasteiger partial charge in [0, 0.05) is 37.2 Å². The Balaban J connectivity index is 1.58. The predicted octanol–water partition coefficient (Wildman–Crippen LogP) is 2.71. The molecule has 0 bridgehead atoms. The van der Waals surface area contributed by atoms with Gasteiger partial charge in [-0.1, -0.05) is 6.07 Å². The molecule has 1 saturated heterocycles. The number of aromatic nitrogens is 2. The third-order valence-electron chi connectivity index (χ3n) is 4.45. The van der Waals surface area contributed by atoms with Gasteiger partial charge in [0.05, 0.1) is 17.3 Å². The Hall–Kier alpha value is -2.40. The van der Waals surface area contributed by atoms with Crippen LogP contribution >= 0.6 is 0 Å². The minimum absolute atomic E-state index is 0.661. The Labute approximate surface area is 128 Å². The van der Waals surface area contributed by atoms with Crippen molar-refractivity contribution in [2.45, 2.75) is 18.4 Å². The lowest BCUT2D eigenvalue weighted by Gasteiger charge is -2.39. The lowest BCUT2D eigenvalue weighted by molar-refractivity contribution is 0.0114. The zero-order chi connectivity index (χ0) is 15.0. The van der Waals surface area contributed by atoms with Crippen LogP contribution in [-0.4, -0.2) is 28.2 Å². The van der Waals surface area contributed by atoms with E-state index in [4.69, 9.17) is 4.42 Å². The molecule has 0 spiro atoms. The third-order valence-corrected chi connectivity index (χ3v) is 4.45. The highest BCUT2D eigenvalue weighted by Crippen LogP contribution is 2.35. The van der Waals surface area contributed by atoms with Gasteiger partial charge in [0.1, 0.15) is 11.4 Å². The van der Waals surface area contributed by atoms with Gasteiger partial charge in [0.15, 0.2) is 0 Å². The fraction of sp³-hybridized carbons (Fsp3) is 0.294. The Kier molecular flexibility index (Phi) is 3.08. The molecular weight excluding hydrogens is 278 g/mol. The van der Waals surface area contributed by atoms with Crippen LogP contribution in [-0.2, 0) is 5.60 Å². The topological polar surface area (TPSA) is 62.4 Å². The van der Waals surface area contributed by atoms with Gasteiger partial charge in [0.25, 0.3) is 0 Å². The highest BCUT2D eigenvalue weighted by atomic mass is 16.3. The fourth-order valence-electron chi connectivity index (χ4n) is 3.15. The van der Waals surface area contributed by atoms with Crippen molar-refractivity contribution < 1.29 is 9.52 Å². The average Bonchev–Trinajstić information content (AvgIpc) is 3.05. The van der Waals surface area contributed by atoms with E-state index in [1.165, 1.54) is 0 Å². The van der Waals surface area contributed by atoms with E-state index in [9.17, 15) is 5.11 Å². The van der Waals surface area contributed by atoms with Crippen LogP contribution in [0.3, 0.4) is 0 Å². The Morgan fingerprint density at radius 1 is 1.14 bits per heavy atom. The number of anilines is 1. The van der Waals surface area contributed by atoms with Gasteiger partial charge in [-0.2, -0.15) is 0 Å². The van der Waals surface area contributed by atoms with E-state index in [-0.39, 0.29) is 0 Å². The van der Waals surface area contributed by atoms with Crippen molar-refractivity contribution in [3.05, 3.63) is 54.7 Å². The molecule has 4 heterocycles. The van der Waals surface area contributed by atoms with E-state index < -0.39 is 5.60 Å². The zero-order valence-corrected chi connectivity index (χ0v) is 12.1. The maximum absolute atomic E-state index is 10.9. The molecule has 0 aliphatic carbocycles. The molecule has 0 saturated carbocycles. The Morgan fingerprint density at radius 2 is 2.00 bits per heavy atom. The minimum atomic E-state index is -0.797. The highest BCUT2D eigenvalue weighted by Gasteiger charge is 2.34. The van der Waals surface area contributed by atoms with Crippen LogP contribution in [0.1, 0.15) is 18.4 Å². The zero-order valence-electron chi connectivity index (χ0n) is 12.1.